The normalized spacial score (nSPS) is 19.2. The SMILES string of the molecule is O=C(C[C@H](CCN1CCCCC1)NC(=O)c1cc(-c2ccc(F)cc2OCC(F)(F)F)n(C2CCCC2)n1)NC1CCC1. The van der Waals surface area contributed by atoms with Gasteiger partial charge in [0, 0.05) is 36.7 Å². The van der Waals surface area contributed by atoms with Gasteiger partial charge in [0.1, 0.15) is 11.6 Å². The van der Waals surface area contributed by atoms with Crippen LogP contribution >= 0.6 is 0 Å². The molecule has 1 saturated heterocycles. The van der Waals surface area contributed by atoms with Crippen molar-refractivity contribution in [2.45, 2.75) is 101 Å². The van der Waals surface area contributed by atoms with E-state index in [2.05, 4.69) is 20.6 Å². The molecule has 1 aromatic heterocycles. The molecule has 2 N–H and O–H groups in total. The summed E-state index contributed by atoms with van der Waals surface area (Å²) in [5.74, 6) is -1.56. The third kappa shape index (κ3) is 8.70. The molecule has 2 heterocycles. The molecule has 236 valence electrons. The lowest BCUT2D eigenvalue weighted by molar-refractivity contribution is -0.153. The number of alkyl halides is 3. The van der Waals surface area contributed by atoms with Crippen LogP contribution in [0.2, 0.25) is 0 Å². The van der Waals surface area contributed by atoms with Crippen LogP contribution in [0.4, 0.5) is 17.6 Å². The summed E-state index contributed by atoms with van der Waals surface area (Å²) in [4.78, 5) is 28.8. The number of halogens is 4. The molecule has 2 saturated carbocycles. The Kier molecular flexibility index (Phi) is 10.2. The van der Waals surface area contributed by atoms with Gasteiger partial charge in [0.05, 0.1) is 11.7 Å². The van der Waals surface area contributed by atoms with E-state index in [0.717, 1.165) is 89.6 Å². The number of hydrogen-bond acceptors (Lipinski definition) is 5. The Morgan fingerprint density at radius 2 is 1.74 bits per heavy atom. The van der Waals surface area contributed by atoms with E-state index in [9.17, 15) is 27.2 Å². The van der Waals surface area contributed by atoms with Crippen LogP contribution in [0.1, 0.15) is 93.6 Å². The maximum Gasteiger partial charge on any atom is 0.422 e. The molecule has 3 aliphatic rings. The predicted octanol–water partition coefficient (Wildman–Crippen LogP) is 5.78. The zero-order valence-corrected chi connectivity index (χ0v) is 24.4. The summed E-state index contributed by atoms with van der Waals surface area (Å²) in [6.07, 6.45) is 6.20. The molecule has 5 rings (SSSR count). The lowest BCUT2D eigenvalue weighted by atomic mass is 9.93. The average Bonchev–Trinajstić information content (AvgIpc) is 3.63. The van der Waals surface area contributed by atoms with Crippen LogP contribution < -0.4 is 15.4 Å². The van der Waals surface area contributed by atoms with Crippen molar-refractivity contribution in [1.29, 1.82) is 0 Å². The van der Waals surface area contributed by atoms with E-state index in [4.69, 9.17) is 4.74 Å². The van der Waals surface area contributed by atoms with Gasteiger partial charge in [-0.3, -0.25) is 14.3 Å². The summed E-state index contributed by atoms with van der Waals surface area (Å²) in [7, 11) is 0. The van der Waals surface area contributed by atoms with Crippen molar-refractivity contribution in [2.24, 2.45) is 0 Å². The van der Waals surface area contributed by atoms with Crippen LogP contribution in [0.25, 0.3) is 11.3 Å². The molecule has 1 aromatic carbocycles. The Balaban J connectivity index is 1.37. The van der Waals surface area contributed by atoms with Gasteiger partial charge in [0.2, 0.25) is 5.91 Å². The maximum atomic E-state index is 14.1. The van der Waals surface area contributed by atoms with Crippen LogP contribution in [0.15, 0.2) is 24.3 Å². The largest absolute Gasteiger partial charge is 0.483 e. The summed E-state index contributed by atoms with van der Waals surface area (Å²) >= 11 is 0. The number of amides is 2. The Hall–Kier alpha value is -3.15. The van der Waals surface area contributed by atoms with Crippen LogP contribution in [0, 0.1) is 5.82 Å². The first-order valence-electron chi connectivity index (χ1n) is 15.6. The quantitative estimate of drug-likeness (QED) is 0.299. The molecule has 0 unspecified atom stereocenters. The van der Waals surface area contributed by atoms with Crippen molar-refractivity contribution in [3.05, 3.63) is 35.8 Å². The van der Waals surface area contributed by atoms with Gasteiger partial charge in [-0.15, -0.1) is 0 Å². The molecule has 3 fully saturated rings. The Morgan fingerprint density at radius 3 is 2.42 bits per heavy atom. The van der Waals surface area contributed by atoms with Gasteiger partial charge >= 0.3 is 6.18 Å². The number of nitrogens with zero attached hydrogens (tertiary/aromatic N) is 3. The van der Waals surface area contributed by atoms with Crippen molar-refractivity contribution in [1.82, 2.24) is 25.3 Å². The molecule has 2 aromatic rings. The van der Waals surface area contributed by atoms with Crippen LogP contribution in [0.5, 0.6) is 5.75 Å². The summed E-state index contributed by atoms with van der Waals surface area (Å²) in [5, 5.41) is 10.7. The lowest BCUT2D eigenvalue weighted by Gasteiger charge is -2.29. The van der Waals surface area contributed by atoms with Crippen molar-refractivity contribution in [3.63, 3.8) is 0 Å². The highest BCUT2D eigenvalue weighted by Crippen LogP contribution is 2.38. The molecule has 43 heavy (non-hydrogen) atoms. The number of carbonyl (C=O) groups is 2. The Labute approximate surface area is 249 Å². The third-order valence-corrected chi connectivity index (χ3v) is 8.73. The zero-order chi connectivity index (χ0) is 30.4. The summed E-state index contributed by atoms with van der Waals surface area (Å²) in [6, 6.07) is 4.68. The van der Waals surface area contributed by atoms with Gasteiger partial charge in [0.25, 0.3) is 5.91 Å². The van der Waals surface area contributed by atoms with E-state index in [1.807, 2.05) is 0 Å². The van der Waals surface area contributed by atoms with E-state index in [1.54, 1.807) is 4.68 Å². The number of rotatable bonds is 12. The minimum absolute atomic E-state index is 0.0553. The molecule has 0 bridgehead atoms. The van der Waals surface area contributed by atoms with Gasteiger partial charge in [-0.25, -0.2) is 4.39 Å². The van der Waals surface area contributed by atoms with E-state index in [1.165, 1.54) is 18.6 Å². The molecule has 2 aliphatic carbocycles. The number of ether oxygens (including phenoxy) is 1. The first kappa shape index (κ1) is 31.3. The minimum atomic E-state index is -4.60. The average molecular weight is 608 g/mol. The van der Waals surface area contributed by atoms with Crippen LogP contribution in [0.3, 0.4) is 0 Å². The highest BCUT2D eigenvalue weighted by atomic mass is 19.4. The van der Waals surface area contributed by atoms with Crippen LogP contribution in [-0.2, 0) is 4.79 Å². The smallest absolute Gasteiger partial charge is 0.422 e. The molecule has 12 heteroatoms. The van der Waals surface area contributed by atoms with Gasteiger partial charge in [-0.05, 0) is 82.7 Å². The van der Waals surface area contributed by atoms with Gasteiger partial charge in [0.15, 0.2) is 12.3 Å². The molecule has 0 spiro atoms. The fraction of sp³-hybridized carbons (Fsp3) is 0.645. The van der Waals surface area contributed by atoms with Crippen molar-refractivity contribution >= 4 is 11.8 Å². The molecule has 1 atom stereocenters. The molecule has 1 aliphatic heterocycles. The molecule has 0 radical (unpaired) electrons. The number of benzene rings is 1. The summed E-state index contributed by atoms with van der Waals surface area (Å²) in [5.41, 5.74) is 0.711. The second kappa shape index (κ2) is 14.1. The molecular weight excluding hydrogens is 566 g/mol. The topological polar surface area (TPSA) is 88.5 Å². The molecule has 8 nitrogen and oxygen atoms in total. The Morgan fingerprint density at radius 1 is 1.00 bits per heavy atom. The van der Waals surface area contributed by atoms with E-state index >= 15 is 0 Å². The first-order chi connectivity index (χ1) is 20.6. The predicted molar refractivity (Wildman–Crippen MR) is 153 cm³/mol. The van der Waals surface area contributed by atoms with E-state index in [-0.39, 0.29) is 41.4 Å². The molecule has 2 amide bonds. The highest BCUT2D eigenvalue weighted by Gasteiger charge is 2.31. The molecular formula is C31H41F4N5O3. The summed E-state index contributed by atoms with van der Waals surface area (Å²) < 4.78 is 59.7. The van der Waals surface area contributed by atoms with E-state index < -0.39 is 30.5 Å². The van der Waals surface area contributed by atoms with Gasteiger partial charge in [-0.1, -0.05) is 19.3 Å². The van der Waals surface area contributed by atoms with Gasteiger partial charge < -0.3 is 20.3 Å². The first-order valence-corrected chi connectivity index (χ1v) is 15.6. The minimum Gasteiger partial charge on any atom is -0.483 e. The third-order valence-electron chi connectivity index (χ3n) is 8.73. The Bertz CT molecular complexity index is 1250. The van der Waals surface area contributed by atoms with Crippen LogP contribution in [-0.4, -0.2) is 71.0 Å². The lowest BCUT2D eigenvalue weighted by Crippen LogP contribution is -2.45. The number of aromatic nitrogens is 2. The highest BCUT2D eigenvalue weighted by molar-refractivity contribution is 5.94. The number of likely N-dealkylation sites (tertiary alicyclic amines) is 1. The second-order valence-electron chi connectivity index (χ2n) is 12.1. The van der Waals surface area contributed by atoms with Crippen molar-refractivity contribution in [2.75, 3.05) is 26.2 Å². The maximum absolute atomic E-state index is 14.1. The number of piperidine rings is 1. The fourth-order valence-electron chi connectivity index (χ4n) is 6.19. The van der Waals surface area contributed by atoms with Gasteiger partial charge in [-0.2, -0.15) is 18.3 Å². The number of hydrogen-bond donors (Lipinski definition) is 2. The zero-order valence-electron chi connectivity index (χ0n) is 24.4. The van der Waals surface area contributed by atoms with E-state index in [0.29, 0.717) is 12.1 Å². The monoisotopic (exact) mass is 607 g/mol. The van der Waals surface area contributed by atoms with Crippen molar-refractivity contribution < 1.29 is 31.9 Å². The fourth-order valence-corrected chi connectivity index (χ4v) is 6.19. The standard InChI is InChI=1S/C31H41F4N5O3/c32-21-11-12-25(28(17-21)43-20-31(33,34)35)27-19-26(38-40(27)24-9-2-3-10-24)30(42)37-23(13-16-39-14-4-1-5-15-39)18-29(41)36-22-7-6-8-22/h11-12,17,19,22-24H,1-10,13-16,18,20H2,(H,36,41)(H,37,42)/t23-/m0/s1. The number of carbonyl (C=O) groups excluding carboxylic acids is 2. The van der Waals surface area contributed by atoms with Crippen molar-refractivity contribution in [3.8, 4) is 17.0 Å². The number of nitrogens with one attached hydrogen (secondary N) is 2. The second-order valence-corrected chi connectivity index (χ2v) is 12.1. The summed E-state index contributed by atoms with van der Waals surface area (Å²) in [6.45, 7) is 1.19.